The second kappa shape index (κ2) is 6.15. The van der Waals surface area contributed by atoms with Gasteiger partial charge in [0.15, 0.2) is 0 Å². The Bertz CT molecular complexity index is 537. The first-order valence-corrected chi connectivity index (χ1v) is 7.64. The summed E-state index contributed by atoms with van der Waals surface area (Å²) in [6, 6.07) is 7.88. The first kappa shape index (κ1) is 16.6. The van der Waals surface area contributed by atoms with E-state index in [1.807, 2.05) is 23.1 Å². The summed E-state index contributed by atoms with van der Waals surface area (Å²) in [5.41, 5.74) is 7.10. The van der Waals surface area contributed by atoms with Gasteiger partial charge in [-0.3, -0.25) is 4.79 Å². The molecule has 1 amide bonds. The number of likely N-dealkylation sites (tertiary alicyclic amines) is 1. The molecule has 0 bridgehead atoms. The summed E-state index contributed by atoms with van der Waals surface area (Å²) < 4.78 is 0. The molecular formula is C16H22Cl2N2O. The van der Waals surface area contributed by atoms with Crippen LogP contribution in [0.25, 0.3) is 0 Å². The Balaban J connectivity index is 0.00000161. The van der Waals surface area contributed by atoms with E-state index in [-0.39, 0.29) is 23.7 Å². The van der Waals surface area contributed by atoms with Gasteiger partial charge in [0.25, 0.3) is 0 Å². The summed E-state index contributed by atoms with van der Waals surface area (Å²) >= 11 is 6.02. The molecule has 3 atom stereocenters. The molecule has 2 aliphatic rings. The van der Waals surface area contributed by atoms with E-state index in [0.29, 0.717) is 18.4 Å². The smallest absolute Gasteiger partial charge is 0.226 e. The van der Waals surface area contributed by atoms with Gasteiger partial charge in [0, 0.05) is 24.0 Å². The van der Waals surface area contributed by atoms with E-state index in [2.05, 4.69) is 13.0 Å². The summed E-state index contributed by atoms with van der Waals surface area (Å²) in [6.07, 6.45) is 1.97. The third-order valence-electron chi connectivity index (χ3n) is 4.75. The maximum absolute atomic E-state index is 12.5. The van der Waals surface area contributed by atoms with Crippen LogP contribution in [0.2, 0.25) is 5.02 Å². The Morgan fingerprint density at radius 1 is 1.52 bits per heavy atom. The highest BCUT2D eigenvalue weighted by atomic mass is 35.5. The monoisotopic (exact) mass is 328 g/mol. The first-order valence-electron chi connectivity index (χ1n) is 7.27. The Morgan fingerprint density at radius 3 is 2.90 bits per heavy atom. The SMILES string of the molecule is CC1(CN)CCN(C(=O)C2CC2c2cccc(Cl)c2)C1.Cl. The molecule has 1 saturated carbocycles. The van der Waals surface area contributed by atoms with E-state index in [9.17, 15) is 4.79 Å². The van der Waals surface area contributed by atoms with Crippen molar-refractivity contribution in [1.82, 2.24) is 4.90 Å². The van der Waals surface area contributed by atoms with Crippen molar-refractivity contribution in [3.63, 3.8) is 0 Å². The Kier molecular flexibility index (Phi) is 4.86. The maximum Gasteiger partial charge on any atom is 0.226 e. The highest BCUT2D eigenvalue weighted by Gasteiger charge is 2.48. The zero-order valence-electron chi connectivity index (χ0n) is 12.2. The molecule has 1 aromatic rings. The van der Waals surface area contributed by atoms with Crippen molar-refractivity contribution in [3.8, 4) is 0 Å². The van der Waals surface area contributed by atoms with E-state index in [0.717, 1.165) is 31.0 Å². The fourth-order valence-electron chi connectivity index (χ4n) is 3.19. The molecule has 1 saturated heterocycles. The van der Waals surface area contributed by atoms with Gasteiger partial charge in [0.1, 0.15) is 0 Å². The summed E-state index contributed by atoms with van der Waals surface area (Å²) in [5.74, 6) is 0.798. The number of hydrogen-bond donors (Lipinski definition) is 1. The lowest BCUT2D eigenvalue weighted by atomic mass is 9.90. The van der Waals surface area contributed by atoms with Gasteiger partial charge in [-0.1, -0.05) is 30.7 Å². The van der Waals surface area contributed by atoms with Crippen LogP contribution in [0.4, 0.5) is 0 Å². The van der Waals surface area contributed by atoms with Crippen LogP contribution in [0.1, 0.15) is 31.2 Å². The minimum absolute atomic E-state index is 0. The molecule has 5 heteroatoms. The van der Waals surface area contributed by atoms with Gasteiger partial charge < -0.3 is 10.6 Å². The molecule has 1 aliphatic heterocycles. The number of halogens is 2. The van der Waals surface area contributed by atoms with Crippen LogP contribution in [0, 0.1) is 11.3 Å². The van der Waals surface area contributed by atoms with Crippen molar-refractivity contribution >= 4 is 29.9 Å². The molecular weight excluding hydrogens is 307 g/mol. The third kappa shape index (κ3) is 3.36. The average molecular weight is 329 g/mol. The van der Waals surface area contributed by atoms with Gasteiger partial charge in [0.05, 0.1) is 0 Å². The quantitative estimate of drug-likeness (QED) is 0.926. The fourth-order valence-corrected chi connectivity index (χ4v) is 3.39. The topological polar surface area (TPSA) is 46.3 Å². The predicted molar refractivity (Wildman–Crippen MR) is 87.9 cm³/mol. The van der Waals surface area contributed by atoms with Crippen molar-refractivity contribution in [2.45, 2.75) is 25.7 Å². The Labute approximate surface area is 137 Å². The molecule has 116 valence electrons. The number of nitrogens with zero attached hydrogens (tertiary/aromatic N) is 1. The average Bonchev–Trinajstić information content (AvgIpc) is 3.15. The molecule has 21 heavy (non-hydrogen) atoms. The molecule has 2 N–H and O–H groups in total. The van der Waals surface area contributed by atoms with Crippen molar-refractivity contribution in [3.05, 3.63) is 34.9 Å². The predicted octanol–water partition coefficient (Wildman–Crippen LogP) is 3.06. The molecule has 3 rings (SSSR count). The molecule has 3 nitrogen and oxygen atoms in total. The normalized spacial score (nSPS) is 30.9. The van der Waals surface area contributed by atoms with Gasteiger partial charge >= 0.3 is 0 Å². The van der Waals surface area contributed by atoms with E-state index >= 15 is 0 Å². The second-order valence-corrected chi connectivity index (χ2v) is 6.96. The van der Waals surface area contributed by atoms with Gasteiger partial charge in [-0.25, -0.2) is 0 Å². The Morgan fingerprint density at radius 2 is 2.29 bits per heavy atom. The number of rotatable bonds is 3. The lowest BCUT2D eigenvalue weighted by Crippen LogP contribution is -2.35. The highest BCUT2D eigenvalue weighted by Crippen LogP contribution is 2.49. The van der Waals surface area contributed by atoms with Gasteiger partial charge in [-0.15, -0.1) is 12.4 Å². The fraction of sp³-hybridized carbons (Fsp3) is 0.562. The van der Waals surface area contributed by atoms with Gasteiger partial charge in [0.2, 0.25) is 5.91 Å². The maximum atomic E-state index is 12.5. The molecule has 1 aromatic carbocycles. The number of amides is 1. The zero-order valence-corrected chi connectivity index (χ0v) is 13.8. The number of nitrogens with two attached hydrogens (primary N) is 1. The number of hydrogen-bond acceptors (Lipinski definition) is 2. The molecule has 0 radical (unpaired) electrons. The molecule has 1 aliphatic carbocycles. The number of carbonyl (C=O) groups excluding carboxylic acids is 1. The summed E-state index contributed by atoms with van der Waals surface area (Å²) in [5, 5.41) is 0.748. The van der Waals surface area contributed by atoms with Crippen molar-refractivity contribution in [2.24, 2.45) is 17.1 Å². The standard InChI is InChI=1S/C16H21ClN2O.ClH/c1-16(9-18)5-6-19(10-16)15(20)14-8-13(14)11-3-2-4-12(17)7-11;/h2-4,7,13-14H,5-6,8-10,18H2,1H3;1H. The second-order valence-electron chi connectivity index (χ2n) is 6.53. The number of carbonyl (C=O) groups is 1. The zero-order chi connectivity index (χ0) is 14.3. The van der Waals surface area contributed by atoms with Gasteiger partial charge in [-0.2, -0.15) is 0 Å². The summed E-state index contributed by atoms with van der Waals surface area (Å²) in [6.45, 7) is 4.48. The van der Waals surface area contributed by atoms with Gasteiger partial charge in [-0.05, 0) is 48.4 Å². The van der Waals surface area contributed by atoms with E-state index < -0.39 is 0 Å². The van der Waals surface area contributed by atoms with Crippen LogP contribution in [-0.4, -0.2) is 30.4 Å². The molecule has 0 aromatic heterocycles. The van der Waals surface area contributed by atoms with Crippen LogP contribution < -0.4 is 5.73 Å². The van der Waals surface area contributed by atoms with E-state index in [1.165, 1.54) is 5.56 Å². The van der Waals surface area contributed by atoms with Crippen LogP contribution >= 0.6 is 24.0 Å². The van der Waals surface area contributed by atoms with Crippen molar-refractivity contribution in [1.29, 1.82) is 0 Å². The van der Waals surface area contributed by atoms with Crippen LogP contribution in [0.5, 0.6) is 0 Å². The Hall–Kier alpha value is -0.770. The summed E-state index contributed by atoms with van der Waals surface area (Å²) in [4.78, 5) is 14.5. The molecule has 1 heterocycles. The van der Waals surface area contributed by atoms with Crippen LogP contribution in [0.15, 0.2) is 24.3 Å². The largest absolute Gasteiger partial charge is 0.342 e. The van der Waals surface area contributed by atoms with Crippen LogP contribution in [-0.2, 0) is 4.79 Å². The van der Waals surface area contributed by atoms with Crippen molar-refractivity contribution < 1.29 is 4.79 Å². The van der Waals surface area contributed by atoms with Crippen LogP contribution in [0.3, 0.4) is 0 Å². The molecule has 2 fully saturated rings. The molecule has 0 spiro atoms. The third-order valence-corrected chi connectivity index (χ3v) is 4.98. The lowest BCUT2D eigenvalue weighted by Gasteiger charge is -2.22. The first-order chi connectivity index (χ1) is 9.52. The minimum Gasteiger partial charge on any atom is -0.342 e. The van der Waals surface area contributed by atoms with Crippen molar-refractivity contribution in [2.75, 3.05) is 19.6 Å². The molecule has 3 unspecified atom stereocenters. The van der Waals surface area contributed by atoms with E-state index in [1.54, 1.807) is 0 Å². The highest BCUT2D eigenvalue weighted by molar-refractivity contribution is 6.30. The lowest BCUT2D eigenvalue weighted by molar-refractivity contribution is -0.132. The number of benzene rings is 1. The minimum atomic E-state index is 0. The summed E-state index contributed by atoms with van der Waals surface area (Å²) in [7, 11) is 0. The van der Waals surface area contributed by atoms with E-state index in [4.69, 9.17) is 17.3 Å².